The van der Waals surface area contributed by atoms with Crippen LogP contribution >= 0.6 is 0 Å². The zero-order valence-electron chi connectivity index (χ0n) is 10.4. The van der Waals surface area contributed by atoms with E-state index in [0.717, 1.165) is 26.0 Å². The third-order valence-electron chi connectivity index (χ3n) is 4.00. The van der Waals surface area contributed by atoms with Gasteiger partial charge in [0.1, 0.15) is 0 Å². The van der Waals surface area contributed by atoms with Crippen molar-refractivity contribution < 1.29 is 9.84 Å². The summed E-state index contributed by atoms with van der Waals surface area (Å²) in [4.78, 5) is 0. The Labute approximate surface area is 98.6 Å². The number of hydrogen-bond acceptors (Lipinski definition) is 3. The van der Waals surface area contributed by atoms with Gasteiger partial charge >= 0.3 is 0 Å². The van der Waals surface area contributed by atoms with E-state index in [9.17, 15) is 5.11 Å². The van der Waals surface area contributed by atoms with Gasteiger partial charge in [0.25, 0.3) is 0 Å². The summed E-state index contributed by atoms with van der Waals surface area (Å²) >= 11 is 0. The van der Waals surface area contributed by atoms with Crippen molar-refractivity contribution in [1.82, 2.24) is 5.32 Å². The Morgan fingerprint density at radius 3 is 2.88 bits per heavy atom. The largest absolute Gasteiger partial charge is 0.393 e. The van der Waals surface area contributed by atoms with Gasteiger partial charge in [0.05, 0.1) is 11.7 Å². The van der Waals surface area contributed by atoms with Gasteiger partial charge in [-0.2, -0.15) is 0 Å². The van der Waals surface area contributed by atoms with Crippen molar-refractivity contribution in [2.24, 2.45) is 0 Å². The average molecular weight is 227 g/mol. The lowest BCUT2D eigenvalue weighted by atomic mass is 9.89. The number of rotatable bonds is 4. The van der Waals surface area contributed by atoms with E-state index >= 15 is 0 Å². The fourth-order valence-electron chi connectivity index (χ4n) is 3.07. The highest BCUT2D eigenvalue weighted by molar-refractivity contribution is 4.93. The second-order valence-electron chi connectivity index (χ2n) is 5.52. The maximum Gasteiger partial charge on any atom is 0.0697 e. The molecule has 3 heteroatoms. The Bertz CT molecular complexity index is 212. The van der Waals surface area contributed by atoms with Crippen molar-refractivity contribution in [1.29, 1.82) is 0 Å². The fourth-order valence-corrected chi connectivity index (χ4v) is 3.07. The van der Waals surface area contributed by atoms with Gasteiger partial charge in [0.15, 0.2) is 0 Å². The Morgan fingerprint density at radius 1 is 1.44 bits per heavy atom. The number of hydrogen-bond donors (Lipinski definition) is 2. The maximum absolute atomic E-state index is 9.22. The molecule has 3 nitrogen and oxygen atoms in total. The molecule has 0 radical (unpaired) electrons. The second kappa shape index (κ2) is 5.48. The molecule has 1 aliphatic carbocycles. The van der Waals surface area contributed by atoms with Crippen LogP contribution in [0.5, 0.6) is 0 Å². The van der Waals surface area contributed by atoms with Gasteiger partial charge < -0.3 is 15.2 Å². The van der Waals surface area contributed by atoms with Gasteiger partial charge in [0.2, 0.25) is 0 Å². The standard InChI is InChI=1S/C13H25NO2/c1-11(15)4-8-14-12-5-9-16-13(10-12)6-2-3-7-13/h11-12,14-15H,2-10H2,1H3. The SMILES string of the molecule is CC(O)CCNC1CCOC2(CCCC2)C1. The molecule has 94 valence electrons. The summed E-state index contributed by atoms with van der Waals surface area (Å²) in [7, 11) is 0. The normalized spacial score (nSPS) is 30.8. The topological polar surface area (TPSA) is 41.5 Å². The van der Waals surface area contributed by atoms with Gasteiger partial charge in [-0.1, -0.05) is 12.8 Å². The van der Waals surface area contributed by atoms with E-state index < -0.39 is 0 Å². The van der Waals surface area contributed by atoms with Gasteiger partial charge in [-0.15, -0.1) is 0 Å². The maximum atomic E-state index is 9.22. The predicted octanol–water partition coefficient (Wildman–Crippen LogP) is 1.84. The van der Waals surface area contributed by atoms with Gasteiger partial charge in [0, 0.05) is 12.6 Å². The predicted molar refractivity (Wildman–Crippen MR) is 64.5 cm³/mol. The van der Waals surface area contributed by atoms with Crippen molar-refractivity contribution in [3.8, 4) is 0 Å². The summed E-state index contributed by atoms with van der Waals surface area (Å²) in [6.07, 6.45) is 8.13. The van der Waals surface area contributed by atoms with Crippen LogP contribution in [0.15, 0.2) is 0 Å². The van der Waals surface area contributed by atoms with Crippen LogP contribution in [-0.2, 0) is 4.74 Å². The van der Waals surface area contributed by atoms with Crippen molar-refractivity contribution >= 4 is 0 Å². The molecule has 1 saturated heterocycles. The molecular formula is C13H25NO2. The van der Waals surface area contributed by atoms with Gasteiger partial charge in [-0.05, 0) is 45.6 Å². The molecule has 2 unspecified atom stereocenters. The minimum atomic E-state index is -0.187. The van der Waals surface area contributed by atoms with E-state index in [-0.39, 0.29) is 11.7 Å². The molecule has 0 bridgehead atoms. The summed E-state index contributed by atoms with van der Waals surface area (Å²) < 4.78 is 5.99. The van der Waals surface area contributed by atoms with Crippen molar-refractivity contribution in [3.05, 3.63) is 0 Å². The lowest BCUT2D eigenvalue weighted by Gasteiger charge is -2.38. The highest BCUT2D eigenvalue weighted by atomic mass is 16.5. The van der Waals surface area contributed by atoms with Crippen LogP contribution in [0.25, 0.3) is 0 Å². The highest BCUT2D eigenvalue weighted by Crippen LogP contribution is 2.39. The van der Waals surface area contributed by atoms with E-state index in [1.165, 1.54) is 32.1 Å². The van der Waals surface area contributed by atoms with Gasteiger partial charge in [-0.25, -0.2) is 0 Å². The minimum absolute atomic E-state index is 0.187. The van der Waals surface area contributed by atoms with E-state index in [1.807, 2.05) is 6.92 Å². The van der Waals surface area contributed by atoms with E-state index in [0.29, 0.717) is 6.04 Å². The number of ether oxygens (including phenoxy) is 1. The Morgan fingerprint density at radius 2 is 2.19 bits per heavy atom. The Balaban J connectivity index is 1.74. The summed E-state index contributed by atoms with van der Waals surface area (Å²) in [6, 6.07) is 0.602. The molecule has 2 rings (SSSR count). The third-order valence-corrected chi connectivity index (χ3v) is 4.00. The first-order valence-electron chi connectivity index (χ1n) is 6.76. The molecule has 0 aromatic carbocycles. The van der Waals surface area contributed by atoms with Crippen molar-refractivity contribution in [2.75, 3.05) is 13.2 Å². The van der Waals surface area contributed by atoms with Gasteiger partial charge in [-0.3, -0.25) is 0 Å². The zero-order valence-corrected chi connectivity index (χ0v) is 10.4. The number of aliphatic hydroxyl groups is 1. The quantitative estimate of drug-likeness (QED) is 0.770. The molecule has 1 heterocycles. The smallest absolute Gasteiger partial charge is 0.0697 e. The Kier molecular flexibility index (Phi) is 4.22. The molecule has 2 aliphatic rings. The van der Waals surface area contributed by atoms with Crippen LogP contribution in [0.4, 0.5) is 0 Å². The molecule has 0 amide bonds. The van der Waals surface area contributed by atoms with Crippen LogP contribution in [0.3, 0.4) is 0 Å². The van der Waals surface area contributed by atoms with E-state index in [1.54, 1.807) is 0 Å². The summed E-state index contributed by atoms with van der Waals surface area (Å²) in [5.74, 6) is 0. The lowest BCUT2D eigenvalue weighted by molar-refractivity contribution is -0.0836. The molecule has 2 N–H and O–H groups in total. The van der Waals surface area contributed by atoms with E-state index in [2.05, 4.69) is 5.32 Å². The molecule has 0 aromatic rings. The van der Waals surface area contributed by atoms with Crippen molar-refractivity contribution in [2.45, 2.75) is 69.6 Å². The highest BCUT2D eigenvalue weighted by Gasteiger charge is 2.39. The second-order valence-corrected chi connectivity index (χ2v) is 5.52. The first kappa shape index (κ1) is 12.3. The van der Waals surface area contributed by atoms with Crippen LogP contribution < -0.4 is 5.32 Å². The molecular weight excluding hydrogens is 202 g/mol. The first-order chi connectivity index (χ1) is 7.70. The van der Waals surface area contributed by atoms with Crippen molar-refractivity contribution in [3.63, 3.8) is 0 Å². The molecule has 2 fully saturated rings. The monoisotopic (exact) mass is 227 g/mol. The molecule has 1 spiro atoms. The van der Waals surface area contributed by atoms with Crippen LogP contribution in [-0.4, -0.2) is 36.0 Å². The van der Waals surface area contributed by atoms with Crippen LogP contribution in [0.1, 0.15) is 51.9 Å². The molecule has 16 heavy (non-hydrogen) atoms. The molecule has 1 aliphatic heterocycles. The third kappa shape index (κ3) is 3.19. The minimum Gasteiger partial charge on any atom is -0.393 e. The lowest BCUT2D eigenvalue weighted by Crippen LogP contribution is -2.46. The summed E-state index contributed by atoms with van der Waals surface area (Å²) in [6.45, 7) is 3.69. The average Bonchev–Trinajstić information content (AvgIpc) is 2.66. The number of aliphatic hydroxyl groups excluding tert-OH is 1. The summed E-state index contributed by atoms with van der Waals surface area (Å²) in [5.41, 5.74) is 0.209. The molecule has 0 aromatic heterocycles. The Hall–Kier alpha value is -0.120. The first-order valence-corrected chi connectivity index (χ1v) is 6.76. The van der Waals surface area contributed by atoms with Crippen LogP contribution in [0.2, 0.25) is 0 Å². The zero-order chi connectivity index (χ0) is 11.4. The fraction of sp³-hybridized carbons (Fsp3) is 1.00. The number of nitrogens with one attached hydrogen (secondary N) is 1. The van der Waals surface area contributed by atoms with Crippen LogP contribution in [0, 0.1) is 0 Å². The summed E-state index contributed by atoms with van der Waals surface area (Å²) in [5, 5.41) is 12.8. The van der Waals surface area contributed by atoms with E-state index in [4.69, 9.17) is 4.74 Å². The molecule has 1 saturated carbocycles. The molecule has 2 atom stereocenters.